The van der Waals surface area contributed by atoms with Crippen LogP contribution in [0.3, 0.4) is 0 Å². The van der Waals surface area contributed by atoms with E-state index in [1.54, 1.807) is 4.57 Å². The van der Waals surface area contributed by atoms with Crippen LogP contribution in [-0.2, 0) is 4.74 Å². The fraction of sp³-hybridized carbons (Fsp3) is 0.545. The van der Waals surface area contributed by atoms with Crippen molar-refractivity contribution in [3.8, 4) is 0 Å². The number of nitrogens with zero attached hydrogens (tertiary/aromatic N) is 2. The zero-order valence-electron chi connectivity index (χ0n) is 10.2. The Morgan fingerprint density at radius 2 is 2.24 bits per heavy atom. The molecule has 0 saturated heterocycles. The molecule has 0 fully saturated rings. The summed E-state index contributed by atoms with van der Waals surface area (Å²) in [5, 5.41) is 10.7. The minimum atomic E-state index is -0.520. The van der Waals surface area contributed by atoms with Gasteiger partial charge in [0, 0.05) is 12.1 Å². The van der Waals surface area contributed by atoms with E-state index in [4.69, 9.17) is 4.74 Å². The molecule has 0 amide bonds. The molecule has 0 bridgehead atoms. The lowest BCUT2D eigenvalue weighted by molar-refractivity contribution is -0.384. The molecule has 1 aromatic rings. The van der Waals surface area contributed by atoms with E-state index in [0.717, 1.165) is 6.42 Å². The smallest absolute Gasteiger partial charge is 0.355 e. The van der Waals surface area contributed by atoms with Gasteiger partial charge in [-0.05, 0) is 20.3 Å². The monoisotopic (exact) mass is 240 g/mol. The molecular formula is C11H16N2O4. The van der Waals surface area contributed by atoms with Gasteiger partial charge in [0.05, 0.1) is 17.7 Å². The summed E-state index contributed by atoms with van der Waals surface area (Å²) in [6.45, 7) is 5.90. The van der Waals surface area contributed by atoms with Crippen LogP contribution in [0.5, 0.6) is 0 Å². The number of rotatable bonds is 5. The molecule has 0 unspecified atom stereocenters. The van der Waals surface area contributed by atoms with Gasteiger partial charge in [-0.2, -0.15) is 0 Å². The Morgan fingerprint density at radius 1 is 1.59 bits per heavy atom. The minimum Gasteiger partial charge on any atom is -0.461 e. The Bertz CT molecular complexity index is 423. The van der Waals surface area contributed by atoms with Crippen LogP contribution in [0, 0.1) is 10.1 Å². The maximum Gasteiger partial charge on any atom is 0.355 e. The minimum absolute atomic E-state index is 0.0344. The van der Waals surface area contributed by atoms with Gasteiger partial charge >= 0.3 is 5.97 Å². The van der Waals surface area contributed by atoms with Gasteiger partial charge in [0.1, 0.15) is 5.69 Å². The molecule has 0 saturated carbocycles. The van der Waals surface area contributed by atoms with E-state index in [2.05, 4.69) is 0 Å². The van der Waals surface area contributed by atoms with E-state index in [9.17, 15) is 14.9 Å². The van der Waals surface area contributed by atoms with E-state index in [-0.39, 0.29) is 17.4 Å². The van der Waals surface area contributed by atoms with E-state index in [1.165, 1.54) is 12.3 Å². The van der Waals surface area contributed by atoms with Crippen molar-refractivity contribution < 1.29 is 14.5 Å². The van der Waals surface area contributed by atoms with Crippen LogP contribution in [-0.4, -0.2) is 22.1 Å². The van der Waals surface area contributed by atoms with Gasteiger partial charge in [0.25, 0.3) is 5.69 Å². The van der Waals surface area contributed by atoms with Gasteiger partial charge < -0.3 is 9.30 Å². The van der Waals surface area contributed by atoms with Crippen LogP contribution >= 0.6 is 0 Å². The van der Waals surface area contributed by atoms with Crippen LogP contribution in [0.25, 0.3) is 0 Å². The summed E-state index contributed by atoms with van der Waals surface area (Å²) < 4.78 is 6.53. The van der Waals surface area contributed by atoms with Gasteiger partial charge in [-0.25, -0.2) is 4.79 Å². The highest BCUT2D eigenvalue weighted by atomic mass is 16.6. The van der Waals surface area contributed by atoms with Crippen LogP contribution in [0.4, 0.5) is 5.69 Å². The number of esters is 1. The number of nitro groups is 1. The third kappa shape index (κ3) is 3.05. The number of hydrogen-bond acceptors (Lipinski definition) is 4. The number of aromatic nitrogens is 1. The molecule has 1 heterocycles. The highest BCUT2D eigenvalue weighted by molar-refractivity contribution is 5.88. The standard InChI is InChI=1S/C11H16N2O4/c1-4-5-17-11(14)10-6-9(13(15)16)7-12(10)8(2)3/h6-8H,4-5H2,1-3H3. The van der Waals surface area contributed by atoms with Gasteiger partial charge in [0.15, 0.2) is 0 Å². The Labute approximate surface area is 99.3 Å². The first kappa shape index (κ1) is 13.2. The fourth-order valence-electron chi connectivity index (χ4n) is 1.42. The highest BCUT2D eigenvalue weighted by Crippen LogP contribution is 2.21. The SMILES string of the molecule is CCCOC(=O)c1cc([N+](=O)[O-])cn1C(C)C. The lowest BCUT2D eigenvalue weighted by Crippen LogP contribution is -2.13. The highest BCUT2D eigenvalue weighted by Gasteiger charge is 2.21. The Hall–Kier alpha value is -1.85. The molecule has 0 N–H and O–H groups in total. The van der Waals surface area contributed by atoms with E-state index >= 15 is 0 Å². The lowest BCUT2D eigenvalue weighted by atomic mass is 10.3. The van der Waals surface area contributed by atoms with E-state index in [1.807, 2.05) is 20.8 Å². The summed E-state index contributed by atoms with van der Waals surface area (Å²) in [4.78, 5) is 21.8. The van der Waals surface area contributed by atoms with Gasteiger partial charge in [-0.3, -0.25) is 10.1 Å². The average molecular weight is 240 g/mol. The number of hydrogen-bond donors (Lipinski definition) is 0. The molecule has 0 aliphatic carbocycles. The number of carbonyl (C=O) groups is 1. The largest absolute Gasteiger partial charge is 0.461 e. The van der Waals surface area contributed by atoms with Crippen LogP contribution in [0.15, 0.2) is 12.3 Å². The summed E-state index contributed by atoms with van der Waals surface area (Å²) in [6.07, 6.45) is 2.07. The zero-order valence-corrected chi connectivity index (χ0v) is 10.2. The molecule has 0 aliphatic rings. The van der Waals surface area contributed by atoms with Crippen molar-refractivity contribution in [1.82, 2.24) is 4.57 Å². The van der Waals surface area contributed by atoms with Crippen LogP contribution in [0.2, 0.25) is 0 Å². The normalized spacial score (nSPS) is 10.6. The van der Waals surface area contributed by atoms with Crippen molar-refractivity contribution in [2.45, 2.75) is 33.2 Å². The van der Waals surface area contributed by atoms with Gasteiger partial charge in [-0.15, -0.1) is 0 Å². The molecule has 94 valence electrons. The summed E-state index contributed by atoms with van der Waals surface area (Å²) in [6, 6.07) is 1.21. The van der Waals surface area contributed by atoms with E-state index < -0.39 is 10.9 Å². The summed E-state index contributed by atoms with van der Waals surface area (Å²) in [5.41, 5.74) is 0.127. The molecule has 6 nitrogen and oxygen atoms in total. The van der Waals surface area contributed by atoms with Crippen LogP contribution in [0.1, 0.15) is 43.7 Å². The number of ether oxygens (including phenoxy) is 1. The van der Waals surface area contributed by atoms with Crippen molar-refractivity contribution in [3.05, 3.63) is 28.1 Å². The second kappa shape index (κ2) is 5.47. The van der Waals surface area contributed by atoms with Crippen molar-refractivity contribution in [3.63, 3.8) is 0 Å². The second-order valence-electron chi connectivity index (χ2n) is 3.98. The molecule has 1 aromatic heterocycles. The van der Waals surface area contributed by atoms with Crippen molar-refractivity contribution in [1.29, 1.82) is 0 Å². The third-order valence-electron chi connectivity index (χ3n) is 2.25. The zero-order chi connectivity index (χ0) is 13.0. The lowest BCUT2D eigenvalue weighted by Gasteiger charge is -2.11. The Kier molecular flexibility index (Phi) is 4.25. The first-order valence-corrected chi connectivity index (χ1v) is 5.50. The van der Waals surface area contributed by atoms with Crippen LogP contribution < -0.4 is 0 Å². The predicted octanol–water partition coefficient (Wildman–Crippen LogP) is 2.54. The summed E-state index contributed by atoms with van der Waals surface area (Å²) >= 11 is 0. The Morgan fingerprint density at radius 3 is 2.71 bits per heavy atom. The number of carbonyl (C=O) groups excluding carboxylic acids is 1. The molecule has 0 spiro atoms. The van der Waals surface area contributed by atoms with Crippen molar-refractivity contribution in [2.24, 2.45) is 0 Å². The summed E-state index contributed by atoms with van der Waals surface area (Å²) in [7, 11) is 0. The first-order valence-electron chi connectivity index (χ1n) is 5.50. The quantitative estimate of drug-likeness (QED) is 0.450. The molecule has 1 rings (SSSR count). The molecular weight excluding hydrogens is 224 g/mol. The third-order valence-corrected chi connectivity index (χ3v) is 2.25. The Balaban J connectivity index is 3.03. The second-order valence-corrected chi connectivity index (χ2v) is 3.98. The van der Waals surface area contributed by atoms with Gasteiger partial charge in [0.2, 0.25) is 0 Å². The van der Waals surface area contributed by atoms with Crippen molar-refractivity contribution >= 4 is 11.7 Å². The molecule has 6 heteroatoms. The predicted molar refractivity (Wildman–Crippen MR) is 62.0 cm³/mol. The van der Waals surface area contributed by atoms with E-state index in [0.29, 0.717) is 6.61 Å². The molecule has 0 atom stereocenters. The fourth-order valence-corrected chi connectivity index (χ4v) is 1.42. The molecule has 0 radical (unpaired) electrons. The average Bonchev–Trinajstić information content (AvgIpc) is 2.70. The van der Waals surface area contributed by atoms with Crippen molar-refractivity contribution in [2.75, 3.05) is 6.61 Å². The molecule has 17 heavy (non-hydrogen) atoms. The first-order chi connectivity index (χ1) is 7.97. The molecule has 0 aliphatic heterocycles. The molecule has 0 aromatic carbocycles. The summed E-state index contributed by atoms with van der Waals surface area (Å²) in [5.74, 6) is -0.520. The van der Waals surface area contributed by atoms with Gasteiger partial charge in [-0.1, -0.05) is 6.92 Å². The maximum atomic E-state index is 11.7. The topological polar surface area (TPSA) is 74.4 Å². The maximum absolute atomic E-state index is 11.7.